The van der Waals surface area contributed by atoms with Gasteiger partial charge < -0.3 is 9.64 Å². The van der Waals surface area contributed by atoms with Crippen LogP contribution in [0.1, 0.15) is 64.7 Å². The number of hydrogen-bond acceptors (Lipinski definition) is 3. The van der Waals surface area contributed by atoms with Crippen LogP contribution in [0.3, 0.4) is 0 Å². The summed E-state index contributed by atoms with van der Waals surface area (Å²) < 4.78 is 5.87. The second kappa shape index (κ2) is 7.10. The lowest BCUT2D eigenvalue weighted by atomic mass is 10.0. The maximum atomic E-state index is 12.7. The van der Waals surface area contributed by atoms with Crippen LogP contribution in [0.4, 0.5) is 0 Å². The molecular formula is C17H30N2O2. The average molecular weight is 294 g/mol. The first-order chi connectivity index (χ1) is 10.3. The molecule has 21 heavy (non-hydrogen) atoms. The lowest BCUT2D eigenvalue weighted by Crippen LogP contribution is -2.46. The van der Waals surface area contributed by atoms with Crippen molar-refractivity contribution in [3.05, 3.63) is 0 Å². The van der Waals surface area contributed by atoms with Crippen LogP contribution in [-0.4, -0.2) is 42.3 Å². The fourth-order valence-electron chi connectivity index (χ4n) is 4.24. The zero-order chi connectivity index (χ0) is 14.7. The molecular weight excluding hydrogens is 264 g/mol. The van der Waals surface area contributed by atoms with Gasteiger partial charge in [0.2, 0.25) is 5.91 Å². The summed E-state index contributed by atoms with van der Waals surface area (Å²) >= 11 is 0. The normalized spacial score (nSPS) is 34.8. The number of ether oxygens (including phenoxy) is 1. The fraction of sp³-hybridized carbons (Fsp3) is 0.941. The van der Waals surface area contributed by atoms with Gasteiger partial charge >= 0.3 is 0 Å². The Morgan fingerprint density at radius 3 is 2.62 bits per heavy atom. The highest BCUT2D eigenvalue weighted by atomic mass is 16.5. The molecule has 1 aliphatic carbocycles. The number of nitrogens with zero attached hydrogens (tertiary/aromatic N) is 1. The van der Waals surface area contributed by atoms with E-state index in [0.717, 1.165) is 32.4 Å². The minimum absolute atomic E-state index is 0.0455. The zero-order valence-corrected chi connectivity index (χ0v) is 13.4. The van der Waals surface area contributed by atoms with Crippen LogP contribution in [0.25, 0.3) is 0 Å². The van der Waals surface area contributed by atoms with E-state index in [-0.39, 0.29) is 18.3 Å². The Bertz CT molecular complexity index is 349. The van der Waals surface area contributed by atoms with Gasteiger partial charge in [0.25, 0.3) is 0 Å². The second-order valence-electron chi connectivity index (χ2n) is 6.98. The van der Waals surface area contributed by atoms with Crippen molar-refractivity contribution in [2.45, 2.75) is 83.0 Å². The molecule has 0 radical (unpaired) electrons. The Kier molecular flexibility index (Phi) is 5.17. The minimum atomic E-state index is 0.0455. The van der Waals surface area contributed by atoms with E-state index in [1.165, 1.54) is 38.5 Å². The monoisotopic (exact) mass is 294 g/mol. The molecule has 0 bridgehead atoms. The van der Waals surface area contributed by atoms with Gasteiger partial charge in [0.1, 0.15) is 0 Å². The van der Waals surface area contributed by atoms with E-state index < -0.39 is 0 Å². The Morgan fingerprint density at radius 1 is 1.19 bits per heavy atom. The lowest BCUT2D eigenvalue weighted by Gasteiger charge is -2.33. The van der Waals surface area contributed by atoms with Crippen LogP contribution in [-0.2, 0) is 9.53 Å². The van der Waals surface area contributed by atoms with Gasteiger partial charge in [0, 0.05) is 13.2 Å². The van der Waals surface area contributed by atoms with Crippen LogP contribution in [0.5, 0.6) is 0 Å². The van der Waals surface area contributed by atoms with Crippen LogP contribution in [0.15, 0.2) is 0 Å². The Labute approximate surface area is 128 Å². The molecule has 2 aliphatic heterocycles. The van der Waals surface area contributed by atoms with Crippen molar-refractivity contribution in [1.82, 2.24) is 10.2 Å². The van der Waals surface area contributed by atoms with Gasteiger partial charge in [-0.05, 0) is 44.4 Å². The molecule has 120 valence electrons. The molecule has 1 amide bonds. The molecule has 1 N–H and O–H groups in total. The highest BCUT2D eigenvalue weighted by Crippen LogP contribution is 2.33. The molecule has 4 nitrogen and oxygen atoms in total. The molecule has 3 atom stereocenters. The standard InChI is InChI=1S/C17H30N2O2/c1-2-7-15-17(20)19(12-14-10-5-6-11-21-14)16(18-15)13-8-3-4-9-13/h13-16,18H,2-12H2,1H3. The fourth-order valence-corrected chi connectivity index (χ4v) is 4.24. The molecule has 2 heterocycles. The number of rotatable bonds is 5. The van der Waals surface area contributed by atoms with Crippen molar-refractivity contribution in [2.75, 3.05) is 13.2 Å². The van der Waals surface area contributed by atoms with Gasteiger partial charge in [0.05, 0.1) is 18.3 Å². The third-order valence-electron chi connectivity index (χ3n) is 5.39. The SMILES string of the molecule is CCCC1NC(C2CCCC2)N(CC2CCCCO2)C1=O. The van der Waals surface area contributed by atoms with Crippen molar-refractivity contribution in [2.24, 2.45) is 5.92 Å². The average Bonchev–Trinajstić information content (AvgIpc) is 3.12. The van der Waals surface area contributed by atoms with Crippen LogP contribution in [0.2, 0.25) is 0 Å². The van der Waals surface area contributed by atoms with Crippen molar-refractivity contribution < 1.29 is 9.53 Å². The summed E-state index contributed by atoms with van der Waals surface area (Å²) in [6, 6.07) is 0.0455. The van der Waals surface area contributed by atoms with Gasteiger partial charge in [-0.15, -0.1) is 0 Å². The number of hydrogen-bond donors (Lipinski definition) is 1. The third kappa shape index (κ3) is 3.42. The molecule has 1 saturated carbocycles. The summed E-state index contributed by atoms with van der Waals surface area (Å²) in [5.74, 6) is 0.974. The lowest BCUT2D eigenvalue weighted by molar-refractivity contribution is -0.133. The van der Waals surface area contributed by atoms with Crippen LogP contribution >= 0.6 is 0 Å². The summed E-state index contributed by atoms with van der Waals surface area (Å²) in [4.78, 5) is 14.9. The molecule has 3 unspecified atom stereocenters. The largest absolute Gasteiger partial charge is 0.376 e. The van der Waals surface area contributed by atoms with Crippen molar-refractivity contribution >= 4 is 5.91 Å². The Hall–Kier alpha value is -0.610. The van der Waals surface area contributed by atoms with Crippen molar-refractivity contribution in [1.29, 1.82) is 0 Å². The van der Waals surface area contributed by atoms with Gasteiger partial charge in [0.15, 0.2) is 0 Å². The summed E-state index contributed by atoms with van der Waals surface area (Å²) in [7, 11) is 0. The van der Waals surface area contributed by atoms with E-state index in [9.17, 15) is 4.79 Å². The van der Waals surface area contributed by atoms with E-state index in [4.69, 9.17) is 4.74 Å². The summed E-state index contributed by atoms with van der Waals surface area (Å²) in [6.07, 6.45) is 11.3. The highest BCUT2D eigenvalue weighted by Gasteiger charge is 2.43. The summed E-state index contributed by atoms with van der Waals surface area (Å²) in [5, 5.41) is 3.64. The van der Waals surface area contributed by atoms with E-state index in [0.29, 0.717) is 11.8 Å². The molecule has 3 fully saturated rings. The smallest absolute Gasteiger partial charge is 0.241 e. The summed E-state index contributed by atoms with van der Waals surface area (Å²) in [5.41, 5.74) is 0. The number of amides is 1. The molecule has 3 aliphatic rings. The van der Waals surface area contributed by atoms with Crippen LogP contribution < -0.4 is 5.32 Å². The second-order valence-corrected chi connectivity index (χ2v) is 6.98. The topological polar surface area (TPSA) is 41.6 Å². The quantitative estimate of drug-likeness (QED) is 0.847. The third-order valence-corrected chi connectivity index (χ3v) is 5.39. The van der Waals surface area contributed by atoms with Gasteiger partial charge in [-0.25, -0.2) is 0 Å². The number of carbonyl (C=O) groups is 1. The predicted octanol–water partition coefficient (Wildman–Crippen LogP) is 2.67. The Morgan fingerprint density at radius 2 is 1.95 bits per heavy atom. The maximum absolute atomic E-state index is 12.7. The first-order valence-electron chi connectivity index (χ1n) is 8.97. The van der Waals surface area contributed by atoms with Gasteiger partial charge in [-0.2, -0.15) is 0 Å². The maximum Gasteiger partial charge on any atom is 0.241 e. The first-order valence-corrected chi connectivity index (χ1v) is 8.97. The molecule has 0 aromatic carbocycles. The Balaban J connectivity index is 1.67. The number of carbonyl (C=O) groups excluding carboxylic acids is 1. The van der Waals surface area contributed by atoms with Gasteiger partial charge in [-0.1, -0.05) is 26.2 Å². The highest BCUT2D eigenvalue weighted by molar-refractivity contribution is 5.84. The summed E-state index contributed by atoms with van der Waals surface area (Å²) in [6.45, 7) is 3.83. The molecule has 0 aromatic heterocycles. The number of nitrogens with one attached hydrogen (secondary N) is 1. The first kappa shape index (κ1) is 15.3. The van der Waals surface area contributed by atoms with Crippen molar-refractivity contribution in [3.8, 4) is 0 Å². The van der Waals surface area contributed by atoms with E-state index in [1.807, 2.05) is 0 Å². The predicted molar refractivity (Wildman–Crippen MR) is 82.9 cm³/mol. The van der Waals surface area contributed by atoms with E-state index in [1.54, 1.807) is 0 Å². The van der Waals surface area contributed by atoms with Crippen molar-refractivity contribution in [3.63, 3.8) is 0 Å². The van der Waals surface area contributed by atoms with E-state index in [2.05, 4.69) is 17.1 Å². The molecule has 3 rings (SSSR count). The molecule has 0 spiro atoms. The van der Waals surface area contributed by atoms with Crippen LogP contribution in [0, 0.1) is 5.92 Å². The molecule has 4 heteroatoms. The van der Waals surface area contributed by atoms with Gasteiger partial charge in [-0.3, -0.25) is 10.1 Å². The zero-order valence-electron chi connectivity index (χ0n) is 13.4. The molecule has 0 aromatic rings. The molecule has 2 saturated heterocycles. The van der Waals surface area contributed by atoms with E-state index >= 15 is 0 Å². The minimum Gasteiger partial charge on any atom is -0.376 e.